The van der Waals surface area contributed by atoms with Gasteiger partial charge in [-0.05, 0) is 30.2 Å². The summed E-state index contributed by atoms with van der Waals surface area (Å²) in [7, 11) is 3.99. The Morgan fingerprint density at radius 1 is 1.39 bits per heavy atom. The molecule has 0 aromatic heterocycles. The highest BCUT2D eigenvalue weighted by Crippen LogP contribution is 2.25. The first-order valence-electron chi connectivity index (χ1n) is 5.92. The van der Waals surface area contributed by atoms with Gasteiger partial charge in [0.15, 0.2) is 5.78 Å². The number of carbonyl (C=O) groups is 1. The van der Waals surface area contributed by atoms with Crippen LogP contribution in [0, 0.1) is 0 Å². The summed E-state index contributed by atoms with van der Waals surface area (Å²) >= 11 is 5.90. The molecule has 0 bridgehead atoms. The first-order chi connectivity index (χ1) is 8.58. The summed E-state index contributed by atoms with van der Waals surface area (Å²) in [6.45, 7) is 0. The van der Waals surface area contributed by atoms with Crippen LogP contribution in [0.1, 0.15) is 23.2 Å². The number of allylic oxidation sites excluding steroid dienone is 3. The molecule has 1 aliphatic rings. The number of ketones is 1. The number of nitrogens with zero attached hydrogens (tertiary/aromatic N) is 1. The Morgan fingerprint density at radius 2 is 2.17 bits per heavy atom. The normalized spacial score (nSPS) is 14.2. The van der Waals surface area contributed by atoms with E-state index in [1.807, 2.05) is 31.1 Å². The predicted molar refractivity (Wildman–Crippen MR) is 74.9 cm³/mol. The summed E-state index contributed by atoms with van der Waals surface area (Å²) < 4.78 is 0. The zero-order chi connectivity index (χ0) is 13.1. The smallest absolute Gasteiger partial charge is 0.167 e. The van der Waals surface area contributed by atoms with Crippen LogP contribution in [0.15, 0.2) is 47.7 Å². The van der Waals surface area contributed by atoms with E-state index in [1.165, 1.54) is 5.57 Å². The molecule has 0 N–H and O–H groups in total. The maximum atomic E-state index is 12.2. The van der Waals surface area contributed by atoms with Gasteiger partial charge in [0.2, 0.25) is 0 Å². The third-order valence-corrected chi connectivity index (χ3v) is 3.24. The van der Waals surface area contributed by atoms with E-state index in [2.05, 4.69) is 12.2 Å². The zero-order valence-corrected chi connectivity index (χ0v) is 11.4. The van der Waals surface area contributed by atoms with Crippen LogP contribution in [0.25, 0.3) is 0 Å². The van der Waals surface area contributed by atoms with Crippen LogP contribution in [0.3, 0.4) is 0 Å². The van der Waals surface area contributed by atoms with E-state index < -0.39 is 0 Å². The average molecular weight is 262 g/mol. The number of likely N-dealkylation sites (N-methyl/N-ethyl adjacent to an activating group) is 1. The Balaban J connectivity index is 2.16. The van der Waals surface area contributed by atoms with Gasteiger partial charge in [0, 0.05) is 36.8 Å². The van der Waals surface area contributed by atoms with Gasteiger partial charge in [0.25, 0.3) is 0 Å². The van der Waals surface area contributed by atoms with Crippen molar-refractivity contribution >= 4 is 17.4 Å². The lowest BCUT2D eigenvalue weighted by molar-refractivity contribution is 0.0992. The van der Waals surface area contributed by atoms with Crippen molar-refractivity contribution in [3.8, 4) is 0 Å². The second kappa shape index (κ2) is 5.40. The number of halogens is 1. The van der Waals surface area contributed by atoms with E-state index in [4.69, 9.17) is 11.6 Å². The molecule has 0 unspecified atom stereocenters. The van der Waals surface area contributed by atoms with Crippen LogP contribution in [-0.2, 0) is 0 Å². The van der Waals surface area contributed by atoms with Crippen LogP contribution >= 0.6 is 11.6 Å². The Hall–Kier alpha value is -1.54. The van der Waals surface area contributed by atoms with Gasteiger partial charge in [-0.2, -0.15) is 0 Å². The molecule has 0 saturated carbocycles. The number of Topliss-reactive ketones (excluding diaryl/α,β-unsaturated/α-hetero) is 1. The first kappa shape index (κ1) is 12.9. The van der Waals surface area contributed by atoms with Crippen molar-refractivity contribution in [3.05, 3.63) is 58.3 Å². The number of rotatable bonds is 4. The van der Waals surface area contributed by atoms with Crippen molar-refractivity contribution in [1.82, 2.24) is 4.90 Å². The minimum Gasteiger partial charge on any atom is -0.378 e. The quantitative estimate of drug-likeness (QED) is 0.771. The molecule has 0 atom stereocenters. The molecular weight excluding hydrogens is 246 g/mol. The van der Waals surface area contributed by atoms with Gasteiger partial charge in [0.1, 0.15) is 0 Å². The van der Waals surface area contributed by atoms with Crippen LogP contribution in [0.5, 0.6) is 0 Å². The Kier molecular flexibility index (Phi) is 3.87. The minimum atomic E-state index is 0.121. The van der Waals surface area contributed by atoms with Crippen molar-refractivity contribution < 1.29 is 4.79 Å². The Morgan fingerprint density at radius 3 is 2.83 bits per heavy atom. The van der Waals surface area contributed by atoms with Crippen LogP contribution in [0.4, 0.5) is 0 Å². The summed E-state index contributed by atoms with van der Waals surface area (Å²) in [6, 6.07) is 7.12. The van der Waals surface area contributed by atoms with Crippen LogP contribution in [0.2, 0.25) is 5.02 Å². The molecule has 1 aromatic carbocycles. The van der Waals surface area contributed by atoms with Crippen molar-refractivity contribution in [2.75, 3.05) is 14.1 Å². The maximum absolute atomic E-state index is 12.2. The predicted octanol–water partition coefficient (Wildman–Crippen LogP) is 3.69. The van der Waals surface area contributed by atoms with Gasteiger partial charge < -0.3 is 4.90 Å². The molecule has 0 radical (unpaired) electrons. The molecular formula is C15H16ClNO. The molecule has 0 fully saturated rings. The zero-order valence-electron chi connectivity index (χ0n) is 10.6. The highest BCUT2D eigenvalue weighted by atomic mass is 35.5. The first-order valence-corrected chi connectivity index (χ1v) is 6.30. The highest BCUT2D eigenvalue weighted by molar-refractivity contribution is 6.31. The Bertz CT molecular complexity index is 529. The SMILES string of the molecule is CN(C)C1=C(CC(=O)c2cccc(Cl)c2)CC=C1. The Labute approximate surface area is 113 Å². The third-order valence-electron chi connectivity index (χ3n) is 3.00. The van der Waals surface area contributed by atoms with E-state index in [9.17, 15) is 4.79 Å². The number of hydrogen-bond donors (Lipinski definition) is 0. The van der Waals surface area contributed by atoms with Gasteiger partial charge in [-0.3, -0.25) is 4.79 Å². The van der Waals surface area contributed by atoms with Crippen LogP contribution in [-0.4, -0.2) is 24.8 Å². The molecule has 18 heavy (non-hydrogen) atoms. The maximum Gasteiger partial charge on any atom is 0.167 e. The lowest BCUT2D eigenvalue weighted by atomic mass is 10.0. The summed E-state index contributed by atoms with van der Waals surface area (Å²) in [5, 5.41) is 0.604. The summed E-state index contributed by atoms with van der Waals surface area (Å²) in [6.07, 6.45) is 5.48. The molecule has 1 aromatic rings. The van der Waals surface area contributed by atoms with Crippen LogP contribution < -0.4 is 0 Å². The second-order valence-corrected chi connectivity index (χ2v) is 5.04. The fraction of sp³-hybridized carbons (Fsp3) is 0.267. The number of hydrogen-bond acceptors (Lipinski definition) is 2. The molecule has 2 nitrogen and oxygen atoms in total. The molecule has 2 rings (SSSR count). The van der Waals surface area contributed by atoms with Crippen molar-refractivity contribution in [2.24, 2.45) is 0 Å². The highest BCUT2D eigenvalue weighted by Gasteiger charge is 2.15. The van der Waals surface area contributed by atoms with E-state index in [1.54, 1.807) is 12.1 Å². The van der Waals surface area contributed by atoms with Crippen molar-refractivity contribution in [1.29, 1.82) is 0 Å². The molecule has 94 valence electrons. The van der Waals surface area contributed by atoms with E-state index in [0.29, 0.717) is 17.0 Å². The molecule has 0 amide bonds. The fourth-order valence-corrected chi connectivity index (χ4v) is 2.31. The lowest BCUT2D eigenvalue weighted by Crippen LogP contribution is -2.11. The summed E-state index contributed by atoms with van der Waals surface area (Å²) in [4.78, 5) is 14.2. The van der Waals surface area contributed by atoms with Gasteiger partial charge >= 0.3 is 0 Å². The summed E-state index contributed by atoms with van der Waals surface area (Å²) in [5.41, 5.74) is 3.00. The molecule has 1 aliphatic carbocycles. The largest absolute Gasteiger partial charge is 0.378 e. The van der Waals surface area contributed by atoms with Gasteiger partial charge in [-0.1, -0.05) is 29.8 Å². The molecule has 0 heterocycles. The summed E-state index contributed by atoms with van der Waals surface area (Å²) in [5.74, 6) is 0.121. The topological polar surface area (TPSA) is 20.3 Å². The standard InChI is InChI=1S/C15H16ClNO/c1-17(2)14-8-4-5-11(14)10-15(18)12-6-3-7-13(16)9-12/h3-4,6-9H,5,10H2,1-2H3. The fourth-order valence-electron chi connectivity index (χ4n) is 2.12. The van der Waals surface area contributed by atoms with Crippen molar-refractivity contribution in [2.45, 2.75) is 12.8 Å². The number of carbonyl (C=O) groups excluding carboxylic acids is 1. The number of benzene rings is 1. The van der Waals surface area contributed by atoms with Gasteiger partial charge in [-0.25, -0.2) is 0 Å². The molecule has 0 saturated heterocycles. The van der Waals surface area contributed by atoms with E-state index >= 15 is 0 Å². The van der Waals surface area contributed by atoms with Gasteiger partial charge in [0.05, 0.1) is 0 Å². The molecule has 0 spiro atoms. The second-order valence-electron chi connectivity index (χ2n) is 4.60. The van der Waals surface area contributed by atoms with E-state index in [-0.39, 0.29) is 5.78 Å². The lowest BCUT2D eigenvalue weighted by Gasteiger charge is -2.15. The van der Waals surface area contributed by atoms with Crippen molar-refractivity contribution in [3.63, 3.8) is 0 Å². The molecule has 3 heteroatoms. The monoisotopic (exact) mass is 261 g/mol. The van der Waals surface area contributed by atoms with Gasteiger partial charge in [-0.15, -0.1) is 0 Å². The minimum absolute atomic E-state index is 0.121. The molecule has 0 aliphatic heterocycles. The third kappa shape index (κ3) is 2.82. The van der Waals surface area contributed by atoms with E-state index in [0.717, 1.165) is 12.1 Å². The average Bonchev–Trinajstić information content (AvgIpc) is 2.77.